The Balaban J connectivity index is 1.56. The summed E-state index contributed by atoms with van der Waals surface area (Å²) in [6, 6.07) is 33.0. The van der Waals surface area contributed by atoms with Crippen molar-refractivity contribution >= 4 is 12.2 Å². The Hall–Kier alpha value is -4.08. The van der Waals surface area contributed by atoms with Gasteiger partial charge in [0.25, 0.3) is 0 Å². The third kappa shape index (κ3) is 5.64. The largest absolute Gasteiger partial charge is 0.371 e. The van der Waals surface area contributed by atoms with Crippen LogP contribution in [0, 0.1) is 0 Å². The molecule has 34 heavy (non-hydrogen) atoms. The van der Waals surface area contributed by atoms with Crippen molar-refractivity contribution in [2.45, 2.75) is 13.8 Å². The summed E-state index contributed by atoms with van der Waals surface area (Å²) in [6.07, 6.45) is 8.08. The second-order valence-corrected chi connectivity index (χ2v) is 7.86. The lowest BCUT2D eigenvalue weighted by Gasteiger charge is -2.21. The molecular weight excluding hydrogens is 418 g/mol. The van der Waals surface area contributed by atoms with E-state index < -0.39 is 0 Å². The van der Waals surface area contributed by atoms with Gasteiger partial charge in [0.15, 0.2) is 11.5 Å². The van der Waals surface area contributed by atoms with Gasteiger partial charge in [0, 0.05) is 16.4 Å². The Morgan fingerprint density at radius 2 is 0.941 bits per heavy atom. The summed E-state index contributed by atoms with van der Waals surface area (Å²) in [5, 5.41) is 1.40. The fraction of sp³-hybridized carbons (Fsp3) is 0.0968. The van der Waals surface area contributed by atoms with Crippen LogP contribution in [0.25, 0.3) is 34.4 Å². The maximum absolute atomic E-state index is 6.08. The lowest BCUT2D eigenvalue weighted by Crippen LogP contribution is -2.27. The van der Waals surface area contributed by atoms with Crippen LogP contribution in [0.4, 0.5) is 0 Å². The fourth-order valence-electron chi connectivity index (χ4n) is 3.80. The molecule has 0 N–H and O–H groups in total. The van der Waals surface area contributed by atoms with Gasteiger partial charge in [-0.3, -0.25) is 0 Å². The summed E-state index contributed by atoms with van der Waals surface area (Å²) in [5.74, 6) is 1.43. The summed E-state index contributed by atoms with van der Waals surface area (Å²) in [6.45, 7) is 3.99. The van der Waals surface area contributed by atoms with Gasteiger partial charge >= 0.3 is 0 Å². The van der Waals surface area contributed by atoms with Crippen LogP contribution in [0.15, 0.2) is 109 Å². The number of nitrogens with zero attached hydrogens (tertiary/aromatic N) is 1. The molecule has 0 saturated carbocycles. The lowest BCUT2D eigenvalue weighted by molar-refractivity contribution is -0.236. The number of rotatable bonds is 8. The van der Waals surface area contributed by atoms with Crippen LogP contribution in [0.1, 0.15) is 25.0 Å². The maximum atomic E-state index is 6.08. The van der Waals surface area contributed by atoms with E-state index in [2.05, 4.69) is 48.5 Å². The van der Waals surface area contributed by atoms with Crippen molar-refractivity contribution in [2.75, 3.05) is 7.05 Å². The minimum absolute atomic E-state index is 0.716. The molecule has 0 aliphatic rings. The molecule has 0 radical (unpaired) electrons. The molecule has 3 heteroatoms. The molecule has 3 nitrogen and oxygen atoms in total. The smallest absolute Gasteiger partial charge is 0.158 e. The molecule has 0 unspecified atom stereocenters. The Kier molecular flexibility index (Phi) is 7.59. The number of hydroxylamine groups is 2. The van der Waals surface area contributed by atoms with E-state index >= 15 is 0 Å². The molecule has 0 saturated heterocycles. The van der Waals surface area contributed by atoms with Gasteiger partial charge < -0.3 is 9.68 Å². The molecule has 4 aromatic rings. The van der Waals surface area contributed by atoms with Crippen LogP contribution < -0.4 is 9.68 Å². The third-order valence-electron chi connectivity index (χ3n) is 5.38. The number of allylic oxidation sites excluding steroid dienone is 2. The first kappa shape index (κ1) is 23.1. The molecule has 0 atom stereocenters. The van der Waals surface area contributed by atoms with E-state index in [1.807, 2.05) is 86.7 Å². The predicted octanol–water partition coefficient (Wildman–Crippen LogP) is 8.31. The van der Waals surface area contributed by atoms with Gasteiger partial charge in [-0.05, 0) is 60.4 Å². The quantitative estimate of drug-likeness (QED) is 0.254. The van der Waals surface area contributed by atoms with Crippen molar-refractivity contribution < 1.29 is 9.68 Å². The second-order valence-electron chi connectivity index (χ2n) is 7.86. The van der Waals surface area contributed by atoms with Gasteiger partial charge in [0.1, 0.15) is 0 Å². The van der Waals surface area contributed by atoms with Gasteiger partial charge in [-0.1, -0.05) is 97.1 Å². The first-order valence-corrected chi connectivity index (χ1v) is 11.4. The van der Waals surface area contributed by atoms with Crippen LogP contribution in [0.3, 0.4) is 0 Å². The summed E-state index contributed by atoms with van der Waals surface area (Å²) < 4.78 is 0. The van der Waals surface area contributed by atoms with Crippen molar-refractivity contribution in [1.82, 2.24) is 5.23 Å². The first-order valence-electron chi connectivity index (χ1n) is 11.4. The molecule has 0 aliphatic heterocycles. The molecule has 0 heterocycles. The fourth-order valence-corrected chi connectivity index (χ4v) is 3.80. The van der Waals surface area contributed by atoms with Crippen molar-refractivity contribution in [3.8, 4) is 33.8 Å². The van der Waals surface area contributed by atoms with Crippen molar-refractivity contribution in [3.63, 3.8) is 0 Å². The normalized spacial score (nSPS) is 11.4. The SMILES string of the molecule is C/C=C\c1cc(-c2ccccc2)ccc1ON(C)Oc1ccc(-c2ccccc2)cc1/C=C/C. The second kappa shape index (κ2) is 11.2. The summed E-state index contributed by atoms with van der Waals surface area (Å²) in [7, 11) is 1.76. The summed E-state index contributed by atoms with van der Waals surface area (Å²) in [4.78, 5) is 12.2. The highest BCUT2D eigenvalue weighted by Crippen LogP contribution is 2.31. The number of hydrogen-bond acceptors (Lipinski definition) is 3. The molecule has 170 valence electrons. The van der Waals surface area contributed by atoms with E-state index in [1.54, 1.807) is 7.05 Å². The Labute approximate surface area is 202 Å². The molecule has 0 spiro atoms. The van der Waals surface area contributed by atoms with Crippen LogP contribution in [0.2, 0.25) is 0 Å². The highest BCUT2D eigenvalue weighted by Gasteiger charge is 2.12. The Bertz CT molecular complexity index is 1180. The molecule has 4 aromatic carbocycles. The zero-order chi connectivity index (χ0) is 23.8. The zero-order valence-corrected chi connectivity index (χ0v) is 19.8. The van der Waals surface area contributed by atoms with Crippen molar-refractivity contribution in [3.05, 3.63) is 120 Å². The van der Waals surface area contributed by atoms with E-state index in [-0.39, 0.29) is 0 Å². The van der Waals surface area contributed by atoms with E-state index in [0.717, 1.165) is 22.3 Å². The van der Waals surface area contributed by atoms with Crippen molar-refractivity contribution in [2.24, 2.45) is 0 Å². The standard InChI is InChI=1S/C31H29NO2/c1-4-12-28-22-26(24-14-8-6-9-15-24)18-20-30(28)33-32(3)34-31-21-19-27(23-29(31)13-5-2)25-16-10-7-11-17-25/h4-23H,1-3H3/b12-4-,13-5+. The van der Waals surface area contributed by atoms with E-state index in [0.29, 0.717) is 11.5 Å². The molecule has 0 aliphatic carbocycles. The van der Waals surface area contributed by atoms with Crippen molar-refractivity contribution in [1.29, 1.82) is 0 Å². The van der Waals surface area contributed by atoms with Gasteiger partial charge in [0.05, 0.1) is 7.05 Å². The number of benzene rings is 4. The van der Waals surface area contributed by atoms with Gasteiger partial charge in [-0.15, -0.1) is 0 Å². The van der Waals surface area contributed by atoms with Gasteiger partial charge in [-0.2, -0.15) is 0 Å². The highest BCUT2D eigenvalue weighted by atomic mass is 16.9. The Morgan fingerprint density at radius 3 is 1.32 bits per heavy atom. The maximum Gasteiger partial charge on any atom is 0.158 e. The minimum Gasteiger partial charge on any atom is -0.371 e. The van der Waals surface area contributed by atoms with Crippen LogP contribution >= 0.6 is 0 Å². The van der Waals surface area contributed by atoms with Crippen LogP contribution in [-0.2, 0) is 0 Å². The lowest BCUT2D eigenvalue weighted by atomic mass is 10.0. The minimum atomic E-state index is 0.716. The topological polar surface area (TPSA) is 21.7 Å². The molecule has 0 bridgehead atoms. The van der Waals surface area contributed by atoms with E-state index in [1.165, 1.54) is 16.4 Å². The average Bonchev–Trinajstić information content (AvgIpc) is 2.87. The predicted molar refractivity (Wildman–Crippen MR) is 142 cm³/mol. The van der Waals surface area contributed by atoms with Gasteiger partial charge in [-0.25, -0.2) is 0 Å². The highest BCUT2D eigenvalue weighted by molar-refractivity contribution is 5.71. The van der Waals surface area contributed by atoms with E-state index in [4.69, 9.17) is 9.68 Å². The average molecular weight is 448 g/mol. The van der Waals surface area contributed by atoms with Crippen LogP contribution in [-0.4, -0.2) is 12.3 Å². The van der Waals surface area contributed by atoms with Crippen LogP contribution in [0.5, 0.6) is 11.5 Å². The summed E-state index contributed by atoms with van der Waals surface area (Å²) >= 11 is 0. The third-order valence-corrected chi connectivity index (χ3v) is 5.38. The first-order chi connectivity index (χ1) is 16.7. The monoisotopic (exact) mass is 447 g/mol. The molecular formula is C31H29NO2. The molecule has 0 fully saturated rings. The van der Waals surface area contributed by atoms with Gasteiger partial charge in [0.2, 0.25) is 0 Å². The molecule has 0 amide bonds. The Morgan fingerprint density at radius 1 is 0.529 bits per heavy atom. The number of hydrogen-bond donors (Lipinski definition) is 0. The zero-order valence-electron chi connectivity index (χ0n) is 19.8. The summed E-state index contributed by atoms with van der Waals surface area (Å²) in [5.41, 5.74) is 6.56. The molecule has 0 aromatic heterocycles. The molecule has 4 rings (SSSR count). The van der Waals surface area contributed by atoms with E-state index in [9.17, 15) is 0 Å².